The first kappa shape index (κ1) is 10.6. The van der Waals surface area contributed by atoms with E-state index in [1.165, 1.54) is 0 Å². The van der Waals surface area contributed by atoms with Crippen molar-refractivity contribution in [3.8, 4) is 0 Å². The molecule has 0 saturated heterocycles. The molecule has 0 aromatic carbocycles. The molecule has 0 unspecified atom stereocenters. The fourth-order valence-electron chi connectivity index (χ4n) is 1.87. The van der Waals surface area contributed by atoms with E-state index in [9.17, 15) is 4.79 Å². The standard InChI is InChI=1S/C11H21NO/c1-7(2)8(13)12-9-10(3,4)11(9,5)6/h7,9H,1-6H3,(H,12,13). The van der Waals surface area contributed by atoms with Crippen molar-refractivity contribution in [2.24, 2.45) is 16.7 Å². The maximum absolute atomic E-state index is 11.5. The van der Waals surface area contributed by atoms with E-state index in [1.54, 1.807) is 0 Å². The number of carbonyl (C=O) groups is 1. The number of nitrogens with one attached hydrogen (secondary N) is 1. The summed E-state index contributed by atoms with van der Waals surface area (Å²) in [5.41, 5.74) is 0.495. The van der Waals surface area contributed by atoms with Crippen LogP contribution in [0.5, 0.6) is 0 Å². The van der Waals surface area contributed by atoms with Crippen molar-refractivity contribution in [1.29, 1.82) is 0 Å². The van der Waals surface area contributed by atoms with E-state index in [-0.39, 0.29) is 22.7 Å². The van der Waals surface area contributed by atoms with Gasteiger partial charge in [0.15, 0.2) is 0 Å². The number of hydrogen-bond acceptors (Lipinski definition) is 1. The van der Waals surface area contributed by atoms with Gasteiger partial charge in [-0.2, -0.15) is 0 Å². The molecule has 0 aliphatic heterocycles. The summed E-state index contributed by atoms with van der Waals surface area (Å²) in [6.45, 7) is 12.7. The molecule has 1 fully saturated rings. The summed E-state index contributed by atoms with van der Waals surface area (Å²) < 4.78 is 0. The van der Waals surface area contributed by atoms with E-state index in [4.69, 9.17) is 0 Å². The Morgan fingerprint density at radius 3 is 1.77 bits per heavy atom. The number of hydrogen-bond donors (Lipinski definition) is 1. The van der Waals surface area contributed by atoms with Gasteiger partial charge in [0.2, 0.25) is 5.91 Å². The normalized spacial score (nSPS) is 24.5. The van der Waals surface area contributed by atoms with Crippen LogP contribution in [-0.4, -0.2) is 11.9 Å². The molecule has 0 atom stereocenters. The molecule has 1 aliphatic rings. The number of amides is 1. The monoisotopic (exact) mass is 183 g/mol. The van der Waals surface area contributed by atoms with Crippen molar-refractivity contribution in [2.75, 3.05) is 0 Å². The molecule has 1 N–H and O–H groups in total. The molecule has 0 radical (unpaired) electrons. The lowest BCUT2D eigenvalue weighted by atomic mass is 10.0. The zero-order valence-electron chi connectivity index (χ0n) is 9.56. The quantitative estimate of drug-likeness (QED) is 0.698. The van der Waals surface area contributed by atoms with Gasteiger partial charge < -0.3 is 5.32 Å². The molecule has 2 nitrogen and oxygen atoms in total. The van der Waals surface area contributed by atoms with Gasteiger partial charge in [0.05, 0.1) is 0 Å². The molecule has 0 heterocycles. The second-order valence-corrected chi connectivity index (χ2v) is 5.54. The fourth-order valence-corrected chi connectivity index (χ4v) is 1.87. The summed E-state index contributed by atoms with van der Waals surface area (Å²) in [6, 6.07) is 0.342. The minimum absolute atomic E-state index is 0.0900. The largest absolute Gasteiger partial charge is 0.352 e. The smallest absolute Gasteiger partial charge is 0.222 e. The molecule has 1 saturated carbocycles. The Morgan fingerprint density at radius 1 is 1.15 bits per heavy atom. The highest BCUT2D eigenvalue weighted by Gasteiger charge is 2.65. The summed E-state index contributed by atoms with van der Waals surface area (Å²) >= 11 is 0. The first-order valence-electron chi connectivity index (χ1n) is 5.01. The zero-order chi connectivity index (χ0) is 10.4. The lowest BCUT2D eigenvalue weighted by Crippen LogP contribution is -2.33. The molecule has 1 amide bonds. The third kappa shape index (κ3) is 1.47. The second kappa shape index (κ2) is 2.73. The maximum atomic E-state index is 11.5. The van der Waals surface area contributed by atoms with E-state index in [1.807, 2.05) is 13.8 Å². The molecule has 0 aromatic rings. The Balaban J connectivity index is 2.56. The van der Waals surface area contributed by atoms with Gasteiger partial charge in [0.25, 0.3) is 0 Å². The molecule has 0 spiro atoms. The van der Waals surface area contributed by atoms with Crippen molar-refractivity contribution in [2.45, 2.75) is 47.6 Å². The Morgan fingerprint density at radius 2 is 1.54 bits per heavy atom. The summed E-state index contributed by atoms with van der Waals surface area (Å²) in [6.07, 6.45) is 0. The SMILES string of the molecule is CC(C)C(=O)NC1C(C)(C)C1(C)C. The van der Waals surface area contributed by atoms with E-state index in [0.29, 0.717) is 6.04 Å². The number of carbonyl (C=O) groups excluding carboxylic acids is 1. The van der Waals surface area contributed by atoms with Gasteiger partial charge in [-0.25, -0.2) is 0 Å². The lowest BCUT2D eigenvalue weighted by Gasteiger charge is -2.08. The highest BCUT2D eigenvalue weighted by atomic mass is 16.2. The molecule has 1 rings (SSSR count). The second-order valence-electron chi connectivity index (χ2n) is 5.54. The molecule has 76 valence electrons. The van der Waals surface area contributed by atoms with Crippen molar-refractivity contribution in [1.82, 2.24) is 5.32 Å². The van der Waals surface area contributed by atoms with Gasteiger partial charge >= 0.3 is 0 Å². The molecule has 1 aliphatic carbocycles. The summed E-state index contributed by atoms with van der Waals surface area (Å²) in [5, 5.41) is 3.09. The maximum Gasteiger partial charge on any atom is 0.222 e. The van der Waals surface area contributed by atoms with E-state index < -0.39 is 0 Å². The third-order valence-corrected chi connectivity index (χ3v) is 3.83. The van der Waals surface area contributed by atoms with Gasteiger partial charge in [-0.1, -0.05) is 41.5 Å². The highest BCUT2D eigenvalue weighted by Crippen LogP contribution is 2.62. The Hall–Kier alpha value is -0.530. The molecule has 2 heteroatoms. The molecule has 13 heavy (non-hydrogen) atoms. The van der Waals surface area contributed by atoms with Crippen LogP contribution in [0.25, 0.3) is 0 Å². The zero-order valence-corrected chi connectivity index (χ0v) is 9.56. The van der Waals surface area contributed by atoms with Gasteiger partial charge in [-0.3, -0.25) is 4.79 Å². The van der Waals surface area contributed by atoms with Crippen LogP contribution in [0.4, 0.5) is 0 Å². The molecular formula is C11H21NO. The summed E-state index contributed by atoms with van der Waals surface area (Å²) in [7, 11) is 0. The van der Waals surface area contributed by atoms with Gasteiger partial charge in [-0.05, 0) is 10.8 Å². The van der Waals surface area contributed by atoms with Crippen molar-refractivity contribution >= 4 is 5.91 Å². The Kier molecular flexibility index (Phi) is 2.21. The van der Waals surface area contributed by atoms with Crippen LogP contribution in [0.15, 0.2) is 0 Å². The topological polar surface area (TPSA) is 29.1 Å². The van der Waals surface area contributed by atoms with Crippen LogP contribution in [0.3, 0.4) is 0 Å². The van der Waals surface area contributed by atoms with Crippen LogP contribution in [0, 0.1) is 16.7 Å². The van der Waals surface area contributed by atoms with Crippen molar-refractivity contribution in [3.05, 3.63) is 0 Å². The summed E-state index contributed by atoms with van der Waals surface area (Å²) in [5.74, 6) is 0.260. The van der Waals surface area contributed by atoms with Gasteiger partial charge in [-0.15, -0.1) is 0 Å². The van der Waals surface area contributed by atoms with E-state index >= 15 is 0 Å². The van der Waals surface area contributed by atoms with Crippen LogP contribution in [0.2, 0.25) is 0 Å². The van der Waals surface area contributed by atoms with Crippen molar-refractivity contribution < 1.29 is 4.79 Å². The Labute approximate surface area is 81.1 Å². The number of rotatable bonds is 2. The van der Waals surface area contributed by atoms with Crippen LogP contribution in [0.1, 0.15) is 41.5 Å². The van der Waals surface area contributed by atoms with Crippen LogP contribution < -0.4 is 5.32 Å². The minimum Gasteiger partial charge on any atom is -0.352 e. The van der Waals surface area contributed by atoms with Crippen LogP contribution in [-0.2, 0) is 4.79 Å². The Bertz CT molecular complexity index is 214. The van der Waals surface area contributed by atoms with E-state index in [0.717, 1.165) is 0 Å². The minimum atomic E-state index is 0.0900. The average Bonchev–Trinajstić information content (AvgIpc) is 2.32. The first-order chi connectivity index (χ1) is 5.71. The average molecular weight is 183 g/mol. The summed E-state index contributed by atoms with van der Waals surface area (Å²) in [4.78, 5) is 11.5. The molecule has 0 bridgehead atoms. The predicted molar refractivity (Wildman–Crippen MR) is 54.3 cm³/mol. The van der Waals surface area contributed by atoms with Crippen molar-refractivity contribution in [3.63, 3.8) is 0 Å². The van der Waals surface area contributed by atoms with Crippen LogP contribution >= 0.6 is 0 Å². The molecule has 0 aromatic heterocycles. The lowest BCUT2D eigenvalue weighted by molar-refractivity contribution is -0.124. The predicted octanol–water partition coefficient (Wildman–Crippen LogP) is 2.19. The highest BCUT2D eigenvalue weighted by molar-refractivity contribution is 5.78. The third-order valence-electron chi connectivity index (χ3n) is 3.83. The van der Waals surface area contributed by atoms with Gasteiger partial charge in [0.1, 0.15) is 0 Å². The molecular weight excluding hydrogens is 162 g/mol. The first-order valence-corrected chi connectivity index (χ1v) is 5.01. The van der Waals surface area contributed by atoms with E-state index in [2.05, 4.69) is 33.0 Å². The fraction of sp³-hybridized carbons (Fsp3) is 0.909. The van der Waals surface area contributed by atoms with Gasteiger partial charge in [0, 0.05) is 12.0 Å².